The first-order chi connectivity index (χ1) is 14.1. The number of nitrogens with one attached hydrogen (secondary N) is 1. The fraction of sp³-hybridized carbons (Fsp3) is 0.273. The van der Waals surface area contributed by atoms with Crippen molar-refractivity contribution in [3.05, 3.63) is 54.3 Å². The maximum absolute atomic E-state index is 12.7. The SMILES string of the molecule is CCOc1cccc2cc(C(C)NC(=O)CN3C(=O)CSc4ccccc43)oc12. The molecule has 0 spiro atoms. The zero-order chi connectivity index (χ0) is 20.4. The number of nitrogens with zero attached hydrogens (tertiary/aromatic N) is 1. The van der Waals surface area contributed by atoms with Crippen molar-refractivity contribution >= 4 is 40.2 Å². The highest BCUT2D eigenvalue weighted by Crippen LogP contribution is 2.35. The molecule has 0 saturated carbocycles. The van der Waals surface area contributed by atoms with Crippen LogP contribution < -0.4 is 15.0 Å². The van der Waals surface area contributed by atoms with E-state index in [1.165, 1.54) is 11.8 Å². The van der Waals surface area contributed by atoms with Gasteiger partial charge in [0.15, 0.2) is 11.3 Å². The van der Waals surface area contributed by atoms with E-state index < -0.39 is 0 Å². The Hall–Kier alpha value is -2.93. The Balaban J connectivity index is 1.48. The summed E-state index contributed by atoms with van der Waals surface area (Å²) in [5.74, 6) is 1.35. The minimum Gasteiger partial charge on any atom is -0.490 e. The normalized spacial score (nSPS) is 14.6. The first-order valence-corrected chi connectivity index (χ1v) is 10.5. The van der Waals surface area contributed by atoms with Crippen LogP contribution in [0.1, 0.15) is 25.6 Å². The van der Waals surface area contributed by atoms with Gasteiger partial charge in [0.25, 0.3) is 0 Å². The van der Waals surface area contributed by atoms with Gasteiger partial charge in [-0.15, -0.1) is 11.8 Å². The van der Waals surface area contributed by atoms with Gasteiger partial charge in [-0.1, -0.05) is 24.3 Å². The minimum absolute atomic E-state index is 0.0226. The summed E-state index contributed by atoms with van der Waals surface area (Å²) in [5.41, 5.74) is 1.45. The van der Waals surface area contributed by atoms with E-state index in [-0.39, 0.29) is 24.4 Å². The second kappa shape index (κ2) is 8.21. The number of benzene rings is 2. The molecule has 2 amide bonds. The largest absolute Gasteiger partial charge is 0.490 e. The van der Waals surface area contributed by atoms with Gasteiger partial charge in [-0.05, 0) is 38.1 Å². The zero-order valence-electron chi connectivity index (χ0n) is 16.3. The van der Waals surface area contributed by atoms with Gasteiger partial charge in [0, 0.05) is 10.3 Å². The van der Waals surface area contributed by atoms with Crippen molar-refractivity contribution in [1.29, 1.82) is 0 Å². The van der Waals surface area contributed by atoms with Crippen molar-refractivity contribution in [2.75, 3.05) is 23.8 Å². The first-order valence-electron chi connectivity index (χ1n) is 9.53. The van der Waals surface area contributed by atoms with Crippen molar-refractivity contribution in [2.24, 2.45) is 0 Å². The zero-order valence-corrected chi connectivity index (χ0v) is 17.1. The topological polar surface area (TPSA) is 71.8 Å². The molecule has 2 aromatic carbocycles. The van der Waals surface area contributed by atoms with Crippen LogP contribution in [0.2, 0.25) is 0 Å². The number of carbonyl (C=O) groups is 2. The molecule has 1 aromatic heterocycles. The molecule has 1 atom stereocenters. The number of thioether (sulfide) groups is 1. The van der Waals surface area contributed by atoms with Crippen LogP contribution in [0.3, 0.4) is 0 Å². The van der Waals surface area contributed by atoms with Crippen LogP contribution >= 0.6 is 11.8 Å². The Kier molecular flexibility index (Phi) is 5.49. The summed E-state index contributed by atoms with van der Waals surface area (Å²) >= 11 is 1.50. The molecule has 0 radical (unpaired) electrons. The van der Waals surface area contributed by atoms with Crippen LogP contribution in [0.25, 0.3) is 11.0 Å². The van der Waals surface area contributed by atoms with Crippen LogP contribution in [-0.2, 0) is 9.59 Å². The summed E-state index contributed by atoms with van der Waals surface area (Å²) in [4.78, 5) is 27.6. The predicted octanol–water partition coefficient (Wildman–Crippen LogP) is 4.15. The van der Waals surface area contributed by atoms with E-state index in [1.807, 2.05) is 62.4 Å². The molecule has 150 valence electrons. The molecular weight excluding hydrogens is 388 g/mol. The molecule has 29 heavy (non-hydrogen) atoms. The molecule has 0 fully saturated rings. The third-order valence-corrected chi connectivity index (χ3v) is 5.79. The maximum atomic E-state index is 12.7. The van der Waals surface area contributed by atoms with Gasteiger partial charge in [-0.2, -0.15) is 0 Å². The number of carbonyl (C=O) groups excluding carboxylic acids is 2. The maximum Gasteiger partial charge on any atom is 0.240 e. The van der Waals surface area contributed by atoms with Crippen LogP contribution in [0.4, 0.5) is 5.69 Å². The number of hydrogen-bond acceptors (Lipinski definition) is 5. The summed E-state index contributed by atoms with van der Waals surface area (Å²) in [5, 5.41) is 3.85. The number of amides is 2. The third-order valence-electron chi connectivity index (χ3n) is 4.74. The molecule has 2 heterocycles. The lowest BCUT2D eigenvalue weighted by Gasteiger charge is -2.28. The Morgan fingerprint density at radius 2 is 2.10 bits per heavy atom. The highest BCUT2D eigenvalue weighted by atomic mass is 32.2. The van der Waals surface area contributed by atoms with Crippen molar-refractivity contribution < 1.29 is 18.7 Å². The van der Waals surface area contributed by atoms with Crippen molar-refractivity contribution in [3.63, 3.8) is 0 Å². The summed E-state index contributed by atoms with van der Waals surface area (Å²) in [6.07, 6.45) is 0. The van der Waals surface area contributed by atoms with E-state index in [0.29, 0.717) is 29.5 Å². The fourth-order valence-corrected chi connectivity index (χ4v) is 4.30. The number of ether oxygens (including phenoxy) is 1. The summed E-state index contributed by atoms with van der Waals surface area (Å²) in [6.45, 7) is 4.30. The average molecular weight is 410 g/mol. The van der Waals surface area contributed by atoms with Crippen LogP contribution in [0.15, 0.2) is 57.8 Å². The van der Waals surface area contributed by atoms with E-state index in [2.05, 4.69) is 5.32 Å². The van der Waals surface area contributed by atoms with E-state index in [0.717, 1.165) is 16.0 Å². The molecule has 3 aromatic rings. The Morgan fingerprint density at radius 1 is 1.28 bits per heavy atom. The van der Waals surface area contributed by atoms with Crippen molar-refractivity contribution in [2.45, 2.75) is 24.8 Å². The molecule has 6 nitrogen and oxygen atoms in total. The van der Waals surface area contributed by atoms with Gasteiger partial charge in [-0.25, -0.2) is 0 Å². The highest BCUT2D eigenvalue weighted by Gasteiger charge is 2.27. The number of rotatable bonds is 6. The summed E-state index contributed by atoms with van der Waals surface area (Å²) in [6, 6.07) is 14.9. The molecule has 0 bridgehead atoms. The van der Waals surface area contributed by atoms with Crippen LogP contribution in [0.5, 0.6) is 5.75 Å². The molecule has 1 aliphatic rings. The van der Waals surface area contributed by atoms with Gasteiger partial charge in [0.05, 0.1) is 24.1 Å². The monoisotopic (exact) mass is 410 g/mol. The number of anilines is 1. The second-order valence-electron chi connectivity index (χ2n) is 6.78. The van der Waals surface area contributed by atoms with Crippen LogP contribution in [-0.4, -0.2) is 30.7 Å². The molecule has 7 heteroatoms. The van der Waals surface area contributed by atoms with Crippen molar-refractivity contribution in [3.8, 4) is 5.75 Å². The van der Waals surface area contributed by atoms with Gasteiger partial charge in [0.2, 0.25) is 11.8 Å². The number of para-hydroxylation sites is 2. The predicted molar refractivity (Wildman–Crippen MR) is 113 cm³/mol. The standard InChI is InChI=1S/C22H22N2O4S/c1-3-27-17-9-6-7-15-11-18(28-22(15)17)14(2)23-20(25)12-24-16-8-4-5-10-19(16)29-13-21(24)26/h4-11,14H,3,12-13H2,1-2H3,(H,23,25). The molecular formula is C22H22N2O4S. The Labute approximate surface area is 173 Å². The van der Waals surface area contributed by atoms with E-state index in [4.69, 9.17) is 9.15 Å². The summed E-state index contributed by atoms with van der Waals surface area (Å²) < 4.78 is 11.6. The van der Waals surface area contributed by atoms with E-state index in [1.54, 1.807) is 4.90 Å². The third kappa shape index (κ3) is 3.96. The smallest absolute Gasteiger partial charge is 0.240 e. The van der Waals surface area contributed by atoms with E-state index >= 15 is 0 Å². The lowest BCUT2D eigenvalue weighted by molar-refractivity contribution is -0.123. The van der Waals surface area contributed by atoms with Crippen LogP contribution in [0, 0.1) is 0 Å². The van der Waals surface area contributed by atoms with Gasteiger partial charge in [-0.3, -0.25) is 9.59 Å². The molecule has 4 rings (SSSR count). The van der Waals surface area contributed by atoms with E-state index in [9.17, 15) is 9.59 Å². The minimum atomic E-state index is -0.339. The average Bonchev–Trinajstić information content (AvgIpc) is 3.16. The van der Waals surface area contributed by atoms with Gasteiger partial charge in [0.1, 0.15) is 12.3 Å². The molecule has 0 saturated heterocycles. The number of hydrogen-bond donors (Lipinski definition) is 1. The Morgan fingerprint density at radius 3 is 2.93 bits per heavy atom. The molecule has 1 aliphatic heterocycles. The molecule has 1 unspecified atom stereocenters. The van der Waals surface area contributed by atoms with Crippen molar-refractivity contribution in [1.82, 2.24) is 5.32 Å². The first kappa shape index (κ1) is 19.4. The lowest BCUT2D eigenvalue weighted by atomic mass is 10.2. The number of fused-ring (bicyclic) bond motifs is 2. The lowest BCUT2D eigenvalue weighted by Crippen LogP contribution is -2.43. The Bertz CT molecular complexity index is 1060. The fourth-order valence-electron chi connectivity index (χ4n) is 3.37. The molecule has 1 N–H and O–H groups in total. The number of furan rings is 1. The van der Waals surface area contributed by atoms with Gasteiger partial charge < -0.3 is 19.4 Å². The quantitative estimate of drug-likeness (QED) is 0.661. The molecule has 0 aliphatic carbocycles. The second-order valence-corrected chi connectivity index (χ2v) is 7.80. The highest BCUT2D eigenvalue weighted by molar-refractivity contribution is 8.00. The van der Waals surface area contributed by atoms with Gasteiger partial charge >= 0.3 is 0 Å². The summed E-state index contributed by atoms with van der Waals surface area (Å²) in [7, 11) is 0.